The van der Waals surface area contributed by atoms with Gasteiger partial charge in [0.2, 0.25) is 0 Å². The molecule has 0 aromatic heterocycles. The first kappa shape index (κ1) is 10.5. The van der Waals surface area contributed by atoms with Crippen molar-refractivity contribution in [2.75, 3.05) is 0 Å². The summed E-state index contributed by atoms with van der Waals surface area (Å²) in [6.07, 6.45) is 3.82. The first-order valence-corrected chi connectivity index (χ1v) is 6.28. The second-order valence-corrected chi connectivity index (χ2v) is 5.99. The molecule has 0 radical (unpaired) electrons. The highest BCUT2D eigenvalue weighted by atomic mass is 79.9. The van der Waals surface area contributed by atoms with Crippen molar-refractivity contribution >= 4 is 27.5 Å². The van der Waals surface area contributed by atoms with Crippen molar-refractivity contribution in [3.05, 3.63) is 34.9 Å². The van der Waals surface area contributed by atoms with Crippen LogP contribution in [0.5, 0.6) is 0 Å². The molecular formula is C12H14BrCl. The third kappa shape index (κ3) is 2.32. The van der Waals surface area contributed by atoms with Gasteiger partial charge in [-0.3, -0.25) is 0 Å². The van der Waals surface area contributed by atoms with Crippen molar-refractivity contribution in [2.45, 2.75) is 31.0 Å². The molecule has 2 rings (SSSR count). The van der Waals surface area contributed by atoms with Crippen molar-refractivity contribution < 1.29 is 0 Å². The topological polar surface area (TPSA) is 0 Å². The van der Waals surface area contributed by atoms with Crippen LogP contribution in [0.15, 0.2) is 24.3 Å². The second kappa shape index (κ2) is 3.86. The van der Waals surface area contributed by atoms with Gasteiger partial charge in [0.1, 0.15) is 0 Å². The van der Waals surface area contributed by atoms with E-state index >= 15 is 0 Å². The summed E-state index contributed by atoms with van der Waals surface area (Å²) < 4.78 is 0. The van der Waals surface area contributed by atoms with Gasteiger partial charge in [0.15, 0.2) is 0 Å². The zero-order chi connectivity index (χ0) is 10.2. The number of hydrogen-bond acceptors (Lipinski definition) is 0. The number of rotatable bonds is 3. The molecule has 0 heterocycles. The normalized spacial score (nSPS) is 20.5. The lowest BCUT2D eigenvalue weighted by Gasteiger charge is -2.16. The van der Waals surface area contributed by atoms with Crippen LogP contribution >= 0.6 is 27.5 Å². The van der Waals surface area contributed by atoms with E-state index in [4.69, 9.17) is 11.6 Å². The molecule has 76 valence electrons. The van der Waals surface area contributed by atoms with E-state index in [1.54, 1.807) is 0 Å². The molecule has 1 aliphatic rings. The van der Waals surface area contributed by atoms with Gasteiger partial charge in [-0.2, -0.15) is 0 Å². The zero-order valence-corrected chi connectivity index (χ0v) is 10.6. The third-order valence-electron chi connectivity index (χ3n) is 3.12. The quantitative estimate of drug-likeness (QED) is 0.714. The minimum absolute atomic E-state index is 0.541. The van der Waals surface area contributed by atoms with Gasteiger partial charge in [0, 0.05) is 9.85 Å². The van der Waals surface area contributed by atoms with Crippen LogP contribution in [-0.4, -0.2) is 4.83 Å². The molecule has 1 aromatic carbocycles. The van der Waals surface area contributed by atoms with E-state index in [0.29, 0.717) is 10.2 Å². The predicted octanol–water partition coefficient (Wildman–Crippen LogP) is 4.45. The summed E-state index contributed by atoms with van der Waals surface area (Å²) in [5, 5.41) is 0.817. The Hall–Kier alpha value is -0.0100. The van der Waals surface area contributed by atoms with E-state index in [2.05, 4.69) is 35.0 Å². The standard InChI is InChI=1S/C12H14BrCl/c1-12(6-7-12)11(13)8-9-2-4-10(14)5-3-9/h2-5,11H,6-8H2,1H3. The Morgan fingerprint density at radius 1 is 1.36 bits per heavy atom. The molecule has 0 nitrogen and oxygen atoms in total. The van der Waals surface area contributed by atoms with E-state index < -0.39 is 0 Å². The second-order valence-electron chi connectivity index (χ2n) is 4.45. The molecule has 1 saturated carbocycles. The Morgan fingerprint density at radius 2 is 1.93 bits per heavy atom. The Labute approximate surface area is 98.8 Å². The summed E-state index contributed by atoms with van der Waals surface area (Å²) in [4.78, 5) is 0.608. The SMILES string of the molecule is CC1(C(Br)Cc2ccc(Cl)cc2)CC1. The first-order chi connectivity index (χ1) is 6.60. The predicted molar refractivity (Wildman–Crippen MR) is 65.2 cm³/mol. The van der Waals surface area contributed by atoms with Gasteiger partial charge in [0.05, 0.1) is 0 Å². The van der Waals surface area contributed by atoms with Gasteiger partial charge in [-0.1, -0.05) is 46.6 Å². The summed E-state index contributed by atoms with van der Waals surface area (Å²) in [6.45, 7) is 2.35. The van der Waals surface area contributed by atoms with Crippen LogP contribution in [0.3, 0.4) is 0 Å². The molecule has 0 aliphatic heterocycles. The van der Waals surface area contributed by atoms with E-state index in [9.17, 15) is 0 Å². The maximum Gasteiger partial charge on any atom is 0.0406 e. The summed E-state index contributed by atoms with van der Waals surface area (Å²) in [7, 11) is 0. The molecule has 14 heavy (non-hydrogen) atoms. The fraction of sp³-hybridized carbons (Fsp3) is 0.500. The molecular weight excluding hydrogens is 259 g/mol. The molecule has 2 heteroatoms. The van der Waals surface area contributed by atoms with Crippen LogP contribution in [0, 0.1) is 5.41 Å². The molecule has 1 aliphatic carbocycles. The molecule has 0 saturated heterocycles. The van der Waals surface area contributed by atoms with Gasteiger partial charge >= 0.3 is 0 Å². The van der Waals surface area contributed by atoms with Gasteiger partial charge in [-0.25, -0.2) is 0 Å². The van der Waals surface area contributed by atoms with E-state index in [1.165, 1.54) is 18.4 Å². The van der Waals surface area contributed by atoms with Crippen molar-refractivity contribution in [3.8, 4) is 0 Å². The molecule has 1 atom stereocenters. The average molecular weight is 274 g/mol. The fourth-order valence-corrected chi connectivity index (χ4v) is 2.54. The minimum Gasteiger partial charge on any atom is -0.0881 e. The molecule has 0 spiro atoms. The van der Waals surface area contributed by atoms with Crippen LogP contribution < -0.4 is 0 Å². The van der Waals surface area contributed by atoms with Gasteiger partial charge < -0.3 is 0 Å². The fourth-order valence-electron chi connectivity index (χ4n) is 1.58. The largest absolute Gasteiger partial charge is 0.0881 e. The average Bonchev–Trinajstić information content (AvgIpc) is 2.89. The van der Waals surface area contributed by atoms with Crippen molar-refractivity contribution in [3.63, 3.8) is 0 Å². The summed E-state index contributed by atoms with van der Waals surface area (Å²) in [5.74, 6) is 0. The van der Waals surface area contributed by atoms with Crippen LogP contribution in [0.4, 0.5) is 0 Å². The van der Waals surface area contributed by atoms with E-state index in [1.807, 2.05) is 12.1 Å². The lowest BCUT2D eigenvalue weighted by atomic mass is 9.99. The van der Waals surface area contributed by atoms with Crippen LogP contribution in [0.25, 0.3) is 0 Å². The number of benzene rings is 1. The van der Waals surface area contributed by atoms with Crippen LogP contribution in [0.1, 0.15) is 25.3 Å². The highest BCUT2D eigenvalue weighted by Gasteiger charge is 2.43. The van der Waals surface area contributed by atoms with Gasteiger partial charge in [-0.15, -0.1) is 0 Å². The number of hydrogen-bond donors (Lipinski definition) is 0. The monoisotopic (exact) mass is 272 g/mol. The number of halogens is 2. The molecule has 1 unspecified atom stereocenters. The lowest BCUT2D eigenvalue weighted by Crippen LogP contribution is -2.14. The van der Waals surface area contributed by atoms with Crippen molar-refractivity contribution in [1.82, 2.24) is 0 Å². The summed E-state index contributed by atoms with van der Waals surface area (Å²) in [5.41, 5.74) is 1.91. The third-order valence-corrected chi connectivity index (χ3v) is 4.80. The number of alkyl halides is 1. The van der Waals surface area contributed by atoms with Crippen LogP contribution in [-0.2, 0) is 6.42 Å². The minimum atomic E-state index is 0.541. The Morgan fingerprint density at radius 3 is 2.43 bits per heavy atom. The van der Waals surface area contributed by atoms with Gasteiger partial charge in [-0.05, 0) is 42.4 Å². The lowest BCUT2D eigenvalue weighted by molar-refractivity contribution is 0.543. The molecule has 0 N–H and O–H groups in total. The molecule has 0 amide bonds. The Balaban J connectivity index is 2.00. The molecule has 1 fully saturated rings. The van der Waals surface area contributed by atoms with Crippen molar-refractivity contribution in [1.29, 1.82) is 0 Å². The van der Waals surface area contributed by atoms with Crippen molar-refractivity contribution in [2.24, 2.45) is 5.41 Å². The zero-order valence-electron chi connectivity index (χ0n) is 8.26. The highest BCUT2D eigenvalue weighted by molar-refractivity contribution is 9.09. The Kier molecular flexibility index (Phi) is 2.90. The van der Waals surface area contributed by atoms with E-state index in [-0.39, 0.29) is 0 Å². The summed E-state index contributed by atoms with van der Waals surface area (Å²) in [6, 6.07) is 8.16. The van der Waals surface area contributed by atoms with E-state index in [0.717, 1.165) is 11.4 Å². The maximum atomic E-state index is 5.84. The first-order valence-electron chi connectivity index (χ1n) is 4.99. The molecule has 0 bridgehead atoms. The molecule has 1 aromatic rings. The Bertz CT molecular complexity index is 314. The van der Waals surface area contributed by atoms with Crippen LogP contribution in [0.2, 0.25) is 5.02 Å². The highest BCUT2D eigenvalue weighted by Crippen LogP contribution is 2.51. The van der Waals surface area contributed by atoms with Gasteiger partial charge in [0.25, 0.3) is 0 Å². The smallest absolute Gasteiger partial charge is 0.0406 e. The summed E-state index contributed by atoms with van der Waals surface area (Å²) >= 11 is 9.62. The maximum absolute atomic E-state index is 5.84.